The summed E-state index contributed by atoms with van der Waals surface area (Å²) in [4.78, 5) is 2.25. The molecule has 3 heteroatoms. The quantitative estimate of drug-likeness (QED) is 0.332. The zero-order valence-electron chi connectivity index (χ0n) is 19.6. The fourth-order valence-electron chi connectivity index (χ4n) is 4.12. The molecule has 0 N–H and O–H groups in total. The lowest BCUT2D eigenvalue weighted by molar-refractivity contribution is 0.299. The van der Waals surface area contributed by atoms with Crippen molar-refractivity contribution < 1.29 is 4.74 Å². The van der Waals surface area contributed by atoms with Crippen LogP contribution in [-0.4, -0.2) is 19.0 Å². The average Bonchev–Trinajstić information content (AvgIpc) is 2.75. The van der Waals surface area contributed by atoms with Crippen molar-refractivity contribution in [2.75, 3.05) is 14.1 Å². The summed E-state index contributed by atoms with van der Waals surface area (Å²) in [6, 6.07) is 26.0. The Hall–Kier alpha value is -2.15. The maximum Gasteiger partial charge on any atom is 0.123 e. The van der Waals surface area contributed by atoms with Gasteiger partial charge in [-0.1, -0.05) is 101 Å². The molecule has 0 saturated heterocycles. The van der Waals surface area contributed by atoms with Gasteiger partial charge in [0.1, 0.15) is 12.4 Å². The van der Waals surface area contributed by atoms with Crippen LogP contribution < -0.4 is 10.0 Å². The molecule has 0 aliphatic heterocycles. The highest BCUT2D eigenvalue weighted by Gasteiger charge is 2.30. The third-order valence-electron chi connectivity index (χ3n) is 5.63. The van der Waals surface area contributed by atoms with Gasteiger partial charge in [-0.2, -0.15) is 0 Å². The van der Waals surface area contributed by atoms with E-state index in [1.165, 1.54) is 27.6 Å². The van der Waals surface area contributed by atoms with Gasteiger partial charge in [-0.3, -0.25) is 0 Å². The highest BCUT2D eigenvalue weighted by Crippen LogP contribution is 2.48. The van der Waals surface area contributed by atoms with Crippen LogP contribution >= 0.6 is 8.58 Å². The van der Waals surface area contributed by atoms with Crippen molar-refractivity contribution in [3.8, 4) is 5.75 Å². The third-order valence-corrected chi connectivity index (χ3v) is 7.46. The van der Waals surface area contributed by atoms with E-state index in [1.807, 2.05) is 6.07 Å². The number of hydrogen-bond donors (Lipinski definition) is 0. The van der Waals surface area contributed by atoms with Gasteiger partial charge in [-0.15, -0.1) is 0 Å². The van der Waals surface area contributed by atoms with E-state index in [0.717, 1.165) is 25.1 Å². The van der Waals surface area contributed by atoms with E-state index in [1.54, 1.807) is 0 Å². The van der Waals surface area contributed by atoms with Crippen LogP contribution in [0.4, 0.5) is 0 Å². The molecule has 0 bridgehead atoms. The highest BCUT2D eigenvalue weighted by atomic mass is 31.1. The van der Waals surface area contributed by atoms with Gasteiger partial charge in [0.25, 0.3) is 0 Å². The molecule has 31 heavy (non-hydrogen) atoms. The smallest absolute Gasteiger partial charge is 0.123 e. The maximum absolute atomic E-state index is 6.40. The molecule has 0 aromatic heterocycles. The van der Waals surface area contributed by atoms with Crippen molar-refractivity contribution in [3.05, 3.63) is 95.1 Å². The molecule has 3 aromatic rings. The second-order valence-electron chi connectivity index (χ2n) is 8.88. The minimum atomic E-state index is 0.0369. The fraction of sp³-hybridized carbons (Fsp3) is 0.357. The van der Waals surface area contributed by atoms with Crippen molar-refractivity contribution in [1.82, 2.24) is 4.90 Å². The van der Waals surface area contributed by atoms with Crippen molar-refractivity contribution in [1.29, 1.82) is 0 Å². The standard InChI is InChI=1S/C28H36NOP/c1-6-18-28(3,31-27-15-11-10-14-24(27)20-29(4)5)25-19-22(2)16-17-26(25)30-21-23-12-8-7-9-13-23/h7-17,19,31H,6,18,20-21H2,1-5H3. The first-order chi connectivity index (χ1) is 14.9. The van der Waals surface area contributed by atoms with Gasteiger partial charge < -0.3 is 9.64 Å². The zero-order chi connectivity index (χ0) is 22.3. The summed E-state index contributed by atoms with van der Waals surface area (Å²) < 4.78 is 6.40. The molecule has 164 valence electrons. The van der Waals surface area contributed by atoms with Crippen molar-refractivity contribution in [2.45, 2.75) is 51.9 Å². The number of rotatable bonds is 10. The molecule has 0 spiro atoms. The van der Waals surface area contributed by atoms with Gasteiger partial charge in [0, 0.05) is 17.3 Å². The van der Waals surface area contributed by atoms with E-state index in [4.69, 9.17) is 4.74 Å². The molecule has 2 atom stereocenters. The lowest BCUT2D eigenvalue weighted by Gasteiger charge is -2.33. The zero-order valence-corrected chi connectivity index (χ0v) is 20.6. The maximum atomic E-state index is 6.40. The van der Waals surface area contributed by atoms with Gasteiger partial charge in [-0.05, 0) is 49.9 Å². The summed E-state index contributed by atoms with van der Waals surface area (Å²) in [5, 5.41) is 1.50. The summed E-state index contributed by atoms with van der Waals surface area (Å²) >= 11 is 0. The minimum absolute atomic E-state index is 0.0369. The Kier molecular flexibility index (Phi) is 8.29. The van der Waals surface area contributed by atoms with Gasteiger partial charge in [0.2, 0.25) is 0 Å². The van der Waals surface area contributed by atoms with E-state index in [9.17, 15) is 0 Å². The molecule has 0 fully saturated rings. The average molecular weight is 434 g/mol. The topological polar surface area (TPSA) is 12.5 Å². The number of ether oxygens (including phenoxy) is 1. The Balaban J connectivity index is 1.95. The first-order valence-electron chi connectivity index (χ1n) is 11.2. The van der Waals surface area contributed by atoms with Crippen LogP contribution in [0.1, 0.15) is 48.9 Å². The Morgan fingerprint density at radius 2 is 1.65 bits per heavy atom. The summed E-state index contributed by atoms with van der Waals surface area (Å²) in [6.07, 6.45) is 2.28. The number of benzene rings is 3. The van der Waals surface area contributed by atoms with Crippen LogP contribution in [-0.2, 0) is 18.3 Å². The summed E-state index contributed by atoms with van der Waals surface area (Å²) in [5.41, 5.74) is 5.25. The van der Waals surface area contributed by atoms with Crippen LogP contribution in [0.25, 0.3) is 0 Å². The third kappa shape index (κ3) is 6.42. The SMILES string of the molecule is CCCC(C)(Pc1ccccc1CN(C)C)c1cc(C)ccc1OCc1ccccc1. The molecule has 2 nitrogen and oxygen atoms in total. The van der Waals surface area contributed by atoms with Crippen molar-refractivity contribution in [3.63, 3.8) is 0 Å². The molecule has 2 unspecified atom stereocenters. The van der Waals surface area contributed by atoms with Gasteiger partial charge in [-0.25, -0.2) is 0 Å². The monoisotopic (exact) mass is 433 g/mol. The number of aryl methyl sites for hydroxylation is 1. The van der Waals surface area contributed by atoms with Gasteiger partial charge in [0.15, 0.2) is 0 Å². The first kappa shape index (κ1) is 23.5. The van der Waals surface area contributed by atoms with Gasteiger partial charge in [0.05, 0.1) is 0 Å². The summed E-state index contributed by atoms with van der Waals surface area (Å²) in [5.74, 6) is 1.02. The molecule has 0 aliphatic rings. The molecule has 0 amide bonds. The number of hydrogen-bond acceptors (Lipinski definition) is 2. The second kappa shape index (κ2) is 10.9. The highest BCUT2D eigenvalue weighted by molar-refractivity contribution is 7.48. The molecule has 0 saturated carbocycles. The van der Waals surface area contributed by atoms with Crippen LogP contribution in [0.3, 0.4) is 0 Å². The molecular weight excluding hydrogens is 397 g/mol. The predicted molar refractivity (Wildman–Crippen MR) is 136 cm³/mol. The predicted octanol–water partition coefficient (Wildman–Crippen LogP) is 6.65. The van der Waals surface area contributed by atoms with Crippen LogP contribution in [0, 0.1) is 6.92 Å². The van der Waals surface area contributed by atoms with Crippen molar-refractivity contribution in [2.24, 2.45) is 0 Å². The number of nitrogens with zero attached hydrogens (tertiary/aromatic N) is 1. The molecule has 3 rings (SSSR count). The summed E-state index contributed by atoms with van der Waals surface area (Å²) in [7, 11) is 4.97. The van der Waals surface area contributed by atoms with Crippen LogP contribution in [0.2, 0.25) is 0 Å². The largest absolute Gasteiger partial charge is 0.489 e. The van der Waals surface area contributed by atoms with Crippen LogP contribution in [0.5, 0.6) is 5.75 Å². The lowest BCUT2D eigenvalue weighted by atomic mass is 9.93. The van der Waals surface area contributed by atoms with Gasteiger partial charge >= 0.3 is 0 Å². The van der Waals surface area contributed by atoms with E-state index in [2.05, 4.69) is 106 Å². The van der Waals surface area contributed by atoms with E-state index in [-0.39, 0.29) is 5.16 Å². The molecule has 0 aliphatic carbocycles. The first-order valence-corrected chi connectivity index (χ1v) is 12.2. The normalized spacial score (nSPS) is 13.6. The Labute approximate surface area is 190 Å². The Bertz CT molecular complexity index is 970. The fourth-order valence-corrected chi connectivity index (χ4v) is 5.92. The van der Waals surface area contributed by atoms with E-state index >= 15 is 0 Å². The summed E-state index contributed by atoms with van der Waals surface area (Å²) in [6.45, 7) is 8.45. The van der Waals surface area contributed by atoms with E-state index < -0.39 is 0 Å². The van der Waals surface area contributed by atoms with Crippen LogP contribution in [0.15, 0.2) is 72.8 Å². The molecule has 0 radical (unpaired) electrons. The molecule has 3 aromatic carbocycles. The van der Waals surface area contributed by atoms with E-state index in [0.29, 0.717) is 15.2 Å². The Morgan fingerprint density at radius 3 is 2.35 bits per heavy atom. The second-order valence-corrected chi connectivity index (χ2v) is 10.8. The van der Waals surface area contributed by atoms with Crippen molar-refractivity contribution >= 4 is 13.9 Å². The lowest BCUT2D eigenvalue weighted by Crippen LogP contribution is -2.23. The molecular formula is C28H36NOP. The molecule has 0 heterocycles. The minimum Gasteiger partial charge on any atom is -0.489 e. The Morgan fingerprint density at radius 1 is 0.935 bits per heavy atom.